The summed E-state index contributed by atoms with van der Waals surface area (Å²) in [7, 11) is 0. The van der Waals surface area contributed by atoms with Gasteiger partial charge in [0.05, 0.1) is 0 Å². The number of piperidine rings is 1. The fourth-order valence-electron chi connectivity index (χ4n) is 1.87. The van der Waals surface area contributed by atoms with Crippen molar-refractivity contribution in [3.05, 3.63) is 12.7 Å². The molecule has 1 heterocycles. The zero-order chi connectivity index (χ0) is 9.90. The number of likely N-dealkylation sites (tertiary alicyclic amines) is 1. The van der Waals surface area contributed by atoms with Crippen molar-refractivity contribution in [1.82, 2.24) is 4.90 Å². The van der Waals surface area contributed by atoms with Crippen molar-refractivity contribution in [3.63, 3.8) is 0 Å². The summed E-state index contributed by atoms with van der Waals surface area (Å²) in [5.41, 5.74) is -0.674. The summed E-state index contributed by atoms with van der Waals surface area (Å²) in [6, 6.07) is 0. The Morgan fingerprint density at radius 1 is 1.69 bits per heavy atom. The minimum Gasteiger partial charge on any atom is -0.480 e. The quantitative estimate of drug-likeness (QED) is 0.674. The van der Waals surface area contributed by atoms with E-state index < -0.39 is 11.5 Å². The number of aliphatic carboxylic acids is 1. The summed E-state index contributed by atoms with van der Waals surface area (Å²) in [6.07, 6.45) is 4.62. The lowest BCUT2D eigenvalue weighted by molar-refractivity contribution is -0.152. The lowest BCUT2D eigenvalue weighted by Gasteiger charge is -2.41. The van der Waals surface area contributed by atoms with E-state index in [-0.39, 0.29) is 0 Å². The Kier molecular flexibility index (Phi) is 3.09. The smallest absolute Gasteiger partial charge is 0.323 e. The van der Waals surface area contributed by atoms with Crippen LogP contribution >= 0.6 is 0 Å². The lowest BCUT2D eigenvalue weighted by atomic mass is 9.88. The third-order valence-electron chi connectivity index (χ3n) is 2.85. The number of rotatable bonds is 3. The first-order chi connectivity index (χ1) is 6.11. The highest BCUT2D eigenvalue weighted by Crippen LogP contribution is 2.27. The van der Waals surface area contributed by atoms with E-state index in [2.05, 4.69) is 6.58 Å². The number of hydrogen-bond acceptors (Lipinski definition) is 2. The van der Waals surface area contributed by atoms with Gasteiger partial charge >= 0.3 is 5.97 Å². The molecule has 13 heavy (non-hydrogen) atoms. The lowest BCUT2D eigenvalue weighted by Crippen LogP contribution is -2.55. The van der Waals surface area contributed by atoms with Gasteiger partial charge in [0.2, 0.25) is 0 Å². The summed E-state index contributed by atoms with van der Waals surface area (Å²) in [5.74, 6) is -0.714. The van der Waals surface area contributed by atoms with E-state index in [4.69, 9.17) is 5.11 Å². The van der Waals surface area contributed by atoms with E-state index in [1.165, 1.54) is 0 Å². The van der Waals surface area contributed by atoms with Crippen molar-refractivity contribution in [2.75, 3.05) is 13.1 Å². The predicted molar refractivity (Wildman–Crippen MR) is 51.7 cm³/mol. The van der Waals surface area contributed by atoms with Crippen LogP contribution in [0.2, 0.25) is 0 Å². The third-order valence-corrected chi connectivity index (χ3v) is 2.85. The van der Waals surface area contributed by atoms with Crippen LogP contribution in [0.15, 0.2) is 12.7 Å². The van der Waals surface area contributed by atoms with Crippen LogP contribution in [-0.2, 0) is 4.79 Å². The van der Waals surface area contributed by atoms with Crippen LogP contribution in [0.25, 0.3) is 0 Å². The van der Waals surface area contributed by atoms with Crippen molar-refractivity contribution in [1.29, 1.82) is 0 Å². The maximum Gasteiger partial charge on any atom is 0.323 e. The second-order valence-corrected chi connectivity index (χ2v) is 3.77. The van der Waals surface area contributed by atoms with E-state index in [1.54, 1.807) is 13.0 Å². The van der Waals surface area contributed by atoms with Gasteiger partial charge < -0.3 is 5.11 Å². The molecule has 0 aromatic rings. The number of carboxylic acids is 1. The number of carbonyl (C=O) groups is 1. The highest BCUT2D eigenvalue weighted by molar-refractivity contribution is 5.78. The Bertz CT molecular complexity index is 215. The molecule has 1 aliphatic rings. The molecule has 1 fully saturated rings. The van der Waals surface area contributed by atoms with Gasteiger partial charge in [0, 0.05) is 6.54 Å². The monoisotopic (exact) mass is 183 g/mol. The highest BCUT2D eigenvalue weighted by Gasteiger charge is 2.40. The van der Waals surface area contributed by atoms with Gasteiger partial charge in [0.1, 0.15) is 5.54 Å². The van der Waals surface area contributed by atoms with Crippen LogP contribution in [-0.4, -0.2) is 34.6 Å². The molecule has 0 aliphatic carbocycles. The van der Waals surface area contributed by atoms with Crippen LogP contribution in [0.1, 0.15) is 26.2 Å². The molecule has 0 amide bonds. The minimum absolute atomic E-state index is 0.669. The van der Waals surface area contributed by atoms with Gasteiger partial charge in [0.15, 0.2) is 0 Å². The average Bonchev–Trinajstić information content (AvgIpc) is 2.09. The molecule has 0 spiro atoms. The number of nitrogens with zero attached hydrogens (tertiary/aromatic N) is 1. The Balaban J connectivity index is 2.76. The van der Waals surface area contributed by atoms with Gasteiger partial charge in [-0.25, -0.2) is 0 Å². The van der Waals surface area contributed by atoms with Gasteiger partial charge in [-0.15, -0.1) is 6.58 Å². The van der Waals surface area contributed by atoms with E-state index in [1.807, 2.05) is 4.90 Å². The van der Waals surface area contributed by atoms with Crippen LogP contribution in [0.4, 0.5) is 0 Å². The molecule has 74 valence electrons. The molecule has 0 radical (unpaired) electrons. The predicted octanol–water partition coefficient (Wildman–Crippen LogP) is 1.50. The first-order valence-corrected chi connectivity index (χ1v) is 4.70. The molecule has 1 N–H and O–H groups in total. The molecule has 1 aliphatic heterocycles. The van der Waals surface area contributed by atoms with Gasteiger partial charge in [-0.2, -0.15) is 0 Å². The number of carboxylic acid groups (broad SMARTS) is 1. The molecule has 0 aromatic carbocycles. The van der Waals surface area contributed by atoms with Crippen molar-refractivity contribution in [3.8, 4) is 0 Å². The molecular weight excluding hydrogens is 166 g/mol. The first kappa shape index (κ1) is 10.3. The van der Waals surface area contributed by atoms with Gasteiger partial charge in [0.25, 0.3) is 0 Å². The second kappa shape index (κ2) is 3.92. The van der Waals surface area contributed by atoms with E-state index in [9.17, 15) is 4.79 Å². The molecule has 3 heteroatoms. The third kappa shape index (κ3) is 1.91. The average molecular weight is 183 g/mol. The minimum atomic E-state index is -0.714. The first-order valence-electron chi connectivity index (χ1n) is 4.70. The van der Waals surface area contributed by atoms with Crippen molar-refractivity contribution >= 4 is 5.97 Å². The topological polar surface area (TPSA) is 40.5 Å². The molecule has 1 unspecified atom stereocenters. The summed E-state index contributed by atoms with van der Waals surface area (Å²) < 4.78 is 0. The summed E-state index contributed by atoms with van der Waals surface area (Å²) in [5, 5.41) is 9.12. The Labute approximate surface area is 79.0 Å². The molecular formula is C10H17NO2. The standard InChI is InChI=1S/C10H17NO2/c1-3-7-11-8-5-4-6-10(11,2)9(12)13/h3H,1,4-8H2,2H3,(H,12,13). The molecule has 0 aromatic heterocycles. The van der Waals surface area contributed by atoms with E-state index in [0.29, 0.717) is 6.54 Å². The molecule has 1 rings (SSSR count). The molecule has 1 atom stereocenters. The molecule has 0 saturated carbocycles. The Hall–Kier alpha value is -0.830. The zero-order valence-corrected chi connectivity index (χ0v) is 8.12. The normalized spacial score (nSPS) is 29.9. The van der Waals surface area contributed by atoms with Crippen molar-refractivity contribution in [2.45, 2.75) is 31.7 Å². The van der Waals surface area contributed by atoms with Gasteiger partial charge in [-0.3, -0.25) is 9.69 Å². The number of hydrogen-bond donors (Lipinski definition) is 1. The summed E-state index contributed by atoms with van der Waals surface area (Å²) in [6.45, 7) is 6.99. The molecule has 3 nitrogen and oxygen atoms in total. The highest BCUT2D eigenvalue weighted by atomic mass is 16.4. The second-order valence-electron chi connectivity index (χ2n) is 3.77. The fourth-order valence-corrected chi connectivity index (χ4v) is 1.87. The van der Waals surface area contributed by atoms with Crippen LogP contribution in [0.5, 0.6) is 0 Å². The Morgan fingerprint density at radius 3 is 2.92 bits per heavy atom. The van der Waals surface area contributed by atoms with Gasteiger partial charge in [-0.05, 0) is 32.7 Å². The van der Waals surface area contributed by atoms with E-state index in [0.717, 1.165) is 25.8 Å². The maximum atomic E-state index is 11.1. The largest absolute Gasteiger partial charge is 0.480 e. The summed E-state index contributed by atoms with van der Waals surface area (Å²) >= 11 is 0. The zero-order valence-electron chi connectivity index (χ0n) is 8.12. The van der Waals surface area contributed by atoms with Crippen LogP contribution in [0.3, 0.4) is 0 Å². The van der Waals surface area contributed by atoms with Crippen molar-refractivity contribution < 1.29 is 9.90 Å². The van der Waals surface area contributed by atoms with Gasteiger partial charge in [-0.1, -0.05) is 6.08 Å². The van der Waals surface area contributed by atoms with E-state index >= 15 is 0 Å². The summed E-state index contributed by atoms with van der Waals surface area (Å²) in [4.78, 5) is 13.1. The van der Waals surface area contributed by atoms with Crippen LogP contribution in [0, 0.1) is 0 Å². The van der Waals surface area contributed by atoms with Crippen molar-refractivity contribution in [2.24, 2.45) is 0 Å². The molecule has 1 saturated heterocycles. The SMILES string of the molecule is C=CCN1CCCCC1(C)C(=O)O. The molecule has 0 bridgehead atoms. The Morgan fingerprint density at radius 2 is 2.38 bits per heavy atom. The fraction of sp³-hybridized carbons (Fsp3) is 0.700. The van der Waals surface area contributed by atoms with Crippen LogP contribution < -0.4 is 0 Å². The maximum absolute atomic E-state index is 11.1.